The highest BCUT2D eigenvalue weighted by Crippen LogP contribution is 2.15. The Morgan fingerprint density at radius 1 is 1.33 bits per heavy atom. The van der Waals surface area contributed by atoms with Gasteiger partial charge in [0.1, 0.15) is 0 Å². The van der Waals surface area contributed by atoms with Gasteiger partial charge in [0.15, 0.2) is 0 Å². The normalized spacial score (nSPS) is 9.60. The zero-order valence-electron chi connectivity index (χ0n) is 7.79. The second-order valence-corrected chi connectivity index (χ2v) is 2.98. The number of para-hydroxylation sites is 1. The van der Waals surface area contributed by atoms with Gasteiger partial charge in [-0.3, -0.25) is 9.78 Å². The van der Waals surface area contributed by atoms with Gasteiger partial charge in [-0.15, -0.1) is 0 Å². The fraction of sp³-hybridized carbons (Fsp3) is 0. The third-order valence-electron chi connectivity index (χ3n) is 2.09. The van der Waals surface area contributed by atoms with Gasteiger partial charge in [0.2, 0.25) is 0 Å². The van der Waals surface area contributed by atoms with E-state index in [1.807, 2.05) is 18.2 Å². The van der Waals surface area contributed by atoms with Crippen molar-refractivity contribution in [1.82, 2.24) is 4.98 Å². The van der Waals surface area contributed by atoms with Crippen molar-refractivity contribution < 1.29 is 9.58 Å². The minimum absolute atomic E-state index is 0.337. The number of carbonyl (C=O) groups excluding carboxylic acids is 1. The molecule has 0 aliphatic heterocycles. The highest BCUT2D eigenvalue weighted by molar-refractivity contribution is 6.36. The number of Topliss-reactive ketones (excluding diaryl/α,β-unsaturated/α-hetero) is 1. The van der Waals surface area contributed by atoms with Crippen LogP contribution in [0.3, 0.4) is 0 Å². The summed E-state index contributed by atoms with van der Waals surface area (Å²) in [6.07, 6.45) is 2.43. The summed E-state index contributed by atoms with van der Waals surface area (Å²) in [5, 5.41) is 0.755. The Morgan fingerprint density at radius 3 is 2.93 bits per heavy atom. The number of hydrogen-bond donors (Lipinski definition) is 0. The molecule has 4 heteroatoms. The maximum absolute atomic E-state index is 11.5. The molecule has 0 amide bonds. The van der Waals surface area contributed by atoms with Crippen LogP contribution >= 0.6 is 0 Å². The molecule has 0 aliphatic carbocycles. The van der Waals surface area contributed by atoms with Gasteiger partial charge < -0.3 is 5.53 Å². The van der Waals surface area contributed by atoms with E-state index >= 15 is 0 Å². The Kier molecular flexibility index (Phi) is 2.35. The van der Waals surface area contributed by atoms with E-state index in [2.05, 4.69) is 9.77 Å². The lowest BCUT2D eigenvalue weighted by Gasteiger charge is -1.99. The molecule has 1 aromatic heterocycles. The van der Waals surface area contributed by atoms with Gasteiger partial charge in [-0.1, -0.05) is 18.2 Å². The number of aromatic nitrogens is 1. The Morgan fingerprint density at radius 2 is 2.13 bits per heavy atom. The summed E-state index contributed by atoms with van der Waals surface area (Å²) in [5.74, 6) is -0.337. The molecule has 72 valence electrons. The minimum Gasteiger partial charge on any atom is -0.361 e. The van der Waals surface area contributed by atoms with E-state index < -0.39 is 0 Å². The highest BCUT2D eigenvalue weighted by atomic mass is 16.1. The summed E-state index contributed by atoms with van der Waals surface area (Å²) < 4.78 is 0. The van der Waals surface area contributed by atoms with Gasteiger partial charge in [0.25, 0.3) is 5.78 Å². The van der Waals surface area contributed by atoms with Crippen LogP contribution < -0.4 is 0 Å². The van der Waals surface area contributed by atoms with Crippen molar-refractivity contribution in [2.75, 3.05) is 0 Å². The number of nitrogens with zero attached hydrogens (tertiary/aromatic N) is 3. The molecular weight excluding hydrogens is 190 g/mol. The topological polar surface area (TPSA) is 66.4 Å². The number of ketones is 1. The fourth-order valence-corrected chi connectivity index (χ4v) is 1.43. The molecule has 0 aliphatic rings. The predicted molar refractivity (Wildman–Crippen MR) is 55.8 cm³/mol. The number of hydrogen-bond acceptors (Lipinski definition) is 2. The number of carbonyl (C=O) groups is 1. The predicted octanol–water partition coefficient (Wildman–Crippen LogP) is 1.72. The molecule has 1 aromatic carbocycles. The van der Waals surface area contributed by atoms with Gasteiger partial charge >= 0.3 is 6.21 Å². The maximum Gasteiger partial charge on any atom is 0.328 e. The van der Waals surface area contributed by atoms with Crippen molar-refractivity contribution >= 4 is 22.9 Å². The molecule has 0 atom stereocenters. The summed E-state index contributed by atoms with van der Waals surface area (Å²) in [6.45, 7) is 0. The summed E-state index contributed by atoms with van der Waals surface area (Å²) in [6, 6.07) is 8.91. The van der Waals surface area contributed by atoms with Gasteiger partial charge in [-0.2, -0.15) is 4.79 Å². The SMILES string of the molecule is [N-]=[N+]=CC(=O)c1ccnc2ccccc12. The van der Waals surface area contributed by atoms with Crippen LogP contribution in [0.1, 0.15) is 10.4 Å². The zero-order valence-corrected chi connectivity index (χ0v) is 7.79. The standard InChI is InChI=1S/C11H7N3O/c12-14-7-11(15)9-5-6-13-10-4-2-1-3-8(9)10/h1-7H. The van der Waals surface area contributed by atoms with Crippen molar-refractivity contribution in [3.05, 3.63) is 47.6 Å². The van der Waals surface area contributed by atoms with E-state index in [0.717, 1.165) is 17.1 Å². The molecule has 0 unspecified atom stereocenters. The monoisotopic (exact) mass is 197 g/mol. The van der Waals surface area contributed by atoms with E-state index in [1.54, 1.807) is 18.3 Å². The van der Waals surface area contributed by atoms with E-state index in [1.165, 1.54) is 0 Å². The number of fused-ring (bicyclic) bond motifs is 1. The molecule has 0 bridgehead atoms. The number of pyridine rings is 1. The van der Waals surface area contributed by atoms with Crippen LogP contribution in [0.25, 0.3) is 16.4 Å². The molecule has 0 saturated heterocycles. The lowest BCUT2D eigenvalue weighted by Crippen LogP contribution is -2.02. The highest BCUT2D eigenvalue weighted by Gasteiger charge is 2.10. The average Bonchev–Trinajstić information content (AvgIpc) is 2.28. The van der Waals surface area contributed by atoms with Crippen LogP contribution in [-0.4, -0.2) is 21.8 Å². The van der Waals surface area contributed by atoms with Crippen LogP contribution in [-0.2, 0) is 0 Å². The molecule has 0 saturated carbocycles. The smallest absolute Gasteiger partial charge is 0.328 e. The molecule has 0 fully saturated rings. The second-order valence-electron chi connectivity index (χ2n) is 2.98. The van der Waals surface area contributed by atoms with Gasteiger partial charge in [-0.25, -0.2) is 0 Å². The van der Waals surface area contributed by atoms with E-state index in [-0.39, 0.29) is 5.78 Å². The molecule has 4 nitrogen and oxygen atoms in total. The van der Waals surface area contributed by atoms with Crippen LogP contribution in [0.4, 0.5) is 0 Å². The molecule has 0 N–H and O–H groups in total. The van der Waals surface area contributed by atoms with Gasteiger partial charge in [0, 0.05) is 17.1 Å². The van der Waals surface area contributed by atoms with Gasteiger partial charge in [0.05, 0.1) is 5.52 Å². The number of benzene rings is 1. The van der Waals surface area contributed by atoms with Crippen molar-refractivity contribution in [1.29, 1.82) is 0 Å². The third kappa shape index (κ3) is 1.66. The zero-order chi connectivity index (χ0) is 10.7. The lowest BCUT2D eigenvalue weighted by molar-refractivity contribution is 0.00236. The molecule has 2 aromatic rings. The maximum atomic E-state index is 11.5. The van der Waals surface area contributed by atoms with E-state index in [9.17, 15) is 4.79 Å². The Labute approximate surface area is 85.8 Å². The van der Waals surface area contributed by atoms with E-state index in [0.29, 0.717) is 5.56 Å². The Bertz CT molecular complexity index is 566. The molecule has 0 radical (unpaired) electrons. The van der Waals surface area contributed by atoms with Crippen molar-refractivity contribution in [2.45, 2.75) is 0 Å². The first kappa shape index (κ1) is 9.24. The second kappa shape index (κ2) is 3.82. The van der Waals surface area contributed by atoms with Crippen LogP contribution in [0.15, 0.2) is 36.5 Å². The lowest BCUT2D eigenvalue weighted by atomic mass is 10.1. The molecule has 0 spiro atoms. The van der Waals surface area contributed by atoms with Crippen molar-refractivity contribution in [3.63, 3.8) is 0 Å². The average molecular weight is 197 g/mol. The van der Waals surface area contributed by atoms with Crippen molar-refractivity contribution in [2.24, 2.45) is 0 Å². The Balaban J connectivity index is 2.71. The quantitative estimate of drug-likeness (QED) is 0.318. The molecule has 1 heterocycles. The third-order valence-corrected chi connectivity index (χ3v) is 2.09. The van der Waals surface area contributed by atoms with Crippen LogP contribution in [0.5, 0.6) is 0 Å². The van der Waals surface area contributed by atoms with E-state index in [4.69, 9.17) is 5.53 Å². The van der Waals surface area contributed by atoms with Crippen molar-refractivity contribution in [3.8, 4) is 0 Å². The summed E-state index contributed by atoms with van der Waals surface area (Å²) in [4.78, 5) is 18.4. The van der Waals surface area contributed by atoms with Crippen LogP contribution in [0.2, 0.25) is 0 Å². The molecular formula is C11H7N3O. The summed E-state index contributed by atoms with van der Waals surface area (Å²) >= 11 is 0. The first-order valence-corrected chi connectivity index (χ1v) is 4.38. The first-order chi connectivity index (χ1) is 7.33. The number of rotatable bonds is 2. The Hall–Kier alpha value is -2.32. The first-order valence-electron chi connectivity index (χ1n) is 4.38. The molecule has 15 heavy (non-hydrogen) atoms. The van der Waals surface area contributed by atoms with Crippen LogP contribution in [0, 0.1) is 0 Å². The fourth-order valence-electron chi connectivity index (χ4n) is 1.43. The molecule has 2 rings (SSSR count). The largest absolute Gasteiger partial charge is 0.361 e. The summed E-state index contributed by atoms with van der Waals surface area (Å²) in [7, 11) is 0. The summed E-state index contributed by atoms with van der Waals surface area (Å²) in [5.41, 5.74) is 9.53. The minimum atomic E-state index is -0.337. The van der Waals surface area contributed by atoms with Gasteiger partial charge in [-0.05, 0) is 12.1 Å².